The number of benzene rings is 2. The molecule has 27 heavy (non-hydrogen) atoms. The van der Waals surface area contributed by atoms with Gasteiger partial charge in [0.25, 0.3) is 5.91 Å². The summed E-state index contributed by atoms with van der Waals surface area (Å²) in [5.74, 6) is 6.17. The monoisotopic (exact) mass is 357 g/mol. The Kier molecular flexibility index (Phi) is 7.23. The quantitative estimate of drug-likeness (QED) is 0.628. The predicted octanol–water partition coefficient (Wildman–Crippen LogP) is 3.98. The van der Waals surface area contributed by atoms with Crippen molar-refractivity contribution < 1.29 is 4.79 Å². The third-order valence-corrected chi connectivity index (χ3v) is 4.08. The first kappa shape index (κ1) is 19.8. The molecule has 2 aromatic carbocycles. The fourth-order valence-electron chi connectivity index (χ4n) is 2.56. The number of nitrogens with zero attached hydrogens (tertiary/aromatic N) is 2. The van der Waals surface area contributed by atoms with Gasteiger partial charge in [-0.15, -0.1) is 6.58 Å². The average molecular weight is 357 g/mol. The summed E-state index contributed by atoms with van der Waals surface area (Å²) in [6.45, 7) is 6.73. The smallest absolute Gasteiger partial charge is 0.253 e. The van der Waals surface area contributed by atoms with Crippen molar-refractivity contribution >= 4 is 11.6 Å². The minimum absolute atomic E-state index is 0.00732. The van der Waals surface area contributed by atoms with Crippen LogP contribution in [0.25, 0.3) is 0 Å². The minimum Gasteiger partial charge on any atom is -0.374 e. The summed E-state index contributed by atoms with van der Waals surface area (Å²) in [5.41, 5.74) is 3.95. The lowest BCUT2D eigenvalue weighted by Crippen LogP contribution is -2.28. The number of hydrogen-bond donors (Lipinski definition) is 1. The summed E-state index contributed by atoms with van der Waals surface area (Å²) >= 11 is 0. The summed E-state index contributed by atoms with van der Waals surface area (Å²) in [4.78, 5) is 14.2. The second kappa shape index (κ2) is 9.85. The van der Waals surface area contributed by atoms with Crippen molar-refractivity contribution in [2.24, 2.45) is 0 Å². The van der Waals surface area contributed by atoms with Gasteiger partial charge in [-0.1, -0.05) is 24.0 Å². The van der Waals surface area contributed by atoms with E-state index in [1.54, 1.807) is 30.2 Å². The van der Waals surface area contributed by atoms with Crippen LogP contribution in [0.1, 0.15) is 33.5 Å². The maximum Gasteiger partial charge on any atom is 0.253 e. The third kappa shape index (κ3) is 5.76. The van der Waals surface area contributed by atoms with E-state index < -0.39 is 0 Å². The van der Waals surface area contributed by atoms with E-state index in [2.05, 4.69) is 29.8 Å². The molecule has 0 atom stereocenters. The van der Waals surface area contributed by atoms with Crippen LogP contribution in [-0.4, -0.2) is 30.9 Å². The molecule has 4 nitrogen and oxygen atoms in total. The Labute approximate surface area is 161 Å². The molecule has 0 spiro atoms. The highest BCUT2D eigenvalue weighted by atomic mass is 16.2. The van der Waals surface area contributed by atoms with Crippen LogP contribution < -0.4 is 5.32 Å². The first-order chi connectivity index (χ1) is 13.0. The van der Waals surface area contributed by atoms with Crippen LogP contribution in [0.4, 0.5) is 5.69 Å². The van der Waals surface area contributed by atoms with E-state index in [9.17, 15) is 4.79 Å². The second-order valence-electron chi connectivity index (χ2n) is 6.18. The third-order valence-electron chi connectivity index (χ3n) is 4.08. The Balaban J connectivity index is 1.99. The van der Waals surface area contributed by atoms with Gasteiger partial charge in [0.05, 0.1) is 18.2 Å². The largest absolute Gasteiger partial charge is 0.374 e. The van der Waals surface area contributed by atoms with Crippen molar-refractivity contribution in [2.75, 3.05) is 25.5 Å². The van der Waals surface area contributed by atoms with Crippen molar-refractivity contribution in [3.05, 3.63) is 77.4 Å². The summed E-state index contributed by atoms with van der Waals surface area (Å²) < 4.78 is 0. The molecular formula is C23H23N3O. The Bertz CT molecular complexity index is 929. The number of anilines is 1. The summed E-state index contributed by atoms with van der Waals surface area (Å²) in [7, 11) is 1.80. The number of nitriles is 1. The normalized spacial score (nSPS) is 9.52. The van der Waals surface area contributed by atoms with Gasteiger partial charge in [0.1, 0.15) is 0 Å². The van der Waals surface area contributed by atoms with Gasteiger partial charge < -0.3 is 10.2 Å². The lowest BCUT2D eigenvalue weighted by atomic mass is 10.0. The van der Waals surface area contributed by atoms with E-state index in [0.29, 0.717) is 24.2 Å². The van der Waals surface area contributed by atoms with Crippen LogP contribution in [0.3, 0.4) is 0 Å². The Morgan fingerprint density at radius 2 is 2.07 bits per heavy atom. The number of nitrogens with one attached hydrogen (secondary N) is 1. The average Bonchev–Trinajstić information content (AvgIpc) is 2.69. The lowest BCUT2D eigenvalue weighted by molar-refractivity contribution is 0.0797. The number of rotatable bonds is 6. The molecule has 1 amide bonds. The number of hydrogen-bond acceptors (Lipinski definition) is 3. The fraction of sp³-hybridized carbons (Fsp3) is 0.217. The fourth-order valence-corrected chi connectivity index (χ4v) is 2.56. The molecule has 0 aliphatic carbocycles. The maximum absolute atomic E-state index is 12.5. The van der Waals surface area contributed by atoms with Gasteiger partial charge in [-0.2, -0.15) is 5.26 Å². The predicted molar refractivity (Wildman–Crippen MR) is 109 cm³/mol. The first-order valence-electron chi connectivity index (χ1n) is 8.75. The number of carbonyl (C=O) groups excluding carboxylic acids is 1. The van der Waals surface area contributed by atoms with Crippen molar-refractivity contribution in [3.63, 3.8) is 0 Å². The molecule has 0 unspecified atom stereocenters. The van der Waals surface area contributed by atoms with Gasteiger partial charge in [-0.05, 0) is 55.3 Å². The van der Waals surface area contributed by atoms with Crippen molar-refractivity contribution in [1.82, 2.24) is 4.90 Å². The number of carbonyl (C=O) groups is 1. The Hall–Kier alpha value is -3.50. The van der Waals surface area contributed by atoms with Gasteiger partial charge in [0, 0.05) is 30.4 Å². The van der Waals surface area contributed by atoms with E-state index in [0.717, 1.165) is 23.2 Å². The maximum atomic E-state index is 12.5. The van der Waals surface area contributed by atoms with Gasteiger partial charge in [0.2, 0.25) is 0 Å². The molecule has 136 valence electrons. The van der Waals surface area contributed by atoms with Crippen molar-refractivity contribution in [2.45, 2.75) is 13.3 Å². The van der Waals surface area contributed by atoms with Crippen LogP contribution >= 0.6 is 0 Å². The Morgan fingerprint density at radius 3 is 2.78 bits per heavy atom. The molecule has 0 aliphatic heterocycles. The number of amides is 1. The highest BCUT2D eigenvalue weighted by Gasteiger charge is 2.13. The molecule has 2 aromatic rings. The zero-order valence-electron chi connectivity index (χ0n) is 15.7. The van der Waals surface area contributed by atoms with Crippen molar-refractivity contribution in [3.8, 4) is 17.9 Å². The first-order valence-corrected chi connectivity index (χ1v) is 8.75. The minimum atomic E-state index is 0.00732. The molecular weight excluding hydrogens is 334 g/mol. The highest BCUT2D eigenvalue weighted by molar-refractivity contribution is 5.95. The summed E-state index contributed by atoms with van der Waals surface area (Å²) in [5, 5.41) is 12.1. The molecule has 0 saturated carbocycles. The zero-order chi connectivity index (χ0) is 19.6. The lowest BCUT2D eigenvalue weighted by Gasteiger charge is -2.17. The number of aryl methyl sites for hydroxylation is 1. The topological polar surface area (TPSA) is 56.1 Å². The second-order valence-corrected chi connectivity index (χ2v) is 6.18. The SMILES string of the molecule is C=CCCN(C)C(=O)c1ccc(C#CCNc2cccc(C#N)c2)cc1C. The molecule has 2 rings (SSSR count). The molecule has 1 N–H and O–H groups in total. The van der Waals surface area contributed by atoms with E-state index in [1.165, 1.54) is 0 Å². The molecule has 0 fully saturated rings. The van der Waals surface area contributed by atoms with Gasteiger partial charge in [-0.25, -0.2) is 0 Å². The molecule has 0 saturated heterocycles. The zero-order valence-corrected chi connectivity index (χ0v) is 15.7. The molecule has 0 bridgehead atoms. The summed E-state index contributed by atoms with van der Waals surface area (Å²) in [6, 6.07) is 15.0. The van der Waals surface area contributed by atoms with Crippen LogP contribution in [-0.2, 0) is 0 Å². The van der Waals surface area contributed by atoms with Gasteiger partial charge in [0.15, 0.2) is 0 Å². The molecule has 0 heterocycles. The van der Waals surface area contributed by atoms with Crippen LogP contribution in [0.5, 0.6) is 0 Å². The van der Waals surface area contributed by atoms with E-state index in [4.69, 9.17) is 5.26 Å². The van der Waals surface area contributed by atoms with Crippen LogP contribution in [0.15, 0.2) is 55.1 Å². The van der Waals surface area contributed by atoms with Gasteiger partial charge >= 0.3 is 0 Å². The standard InChI is InChI=1S/C23H23N3O/c1-4-5-14-26(3)23(27)22-12-11-19(15-18(22)2)9-7-13-25-21-10-6-8-20(16-21)17-24/h4,6,8,10-12,15-16,25H,1,5,13-14H2,2-3H3. The van der Waals surface area contributed by atoms with E-state index >= 15 is 0 Å². The highest BCUT2D eigenvalue weighted by Crippen LogP contribution is 2.13. The molecule has 0 radical (unpaired) electrons. The van der Waals surface area contributed by atoms with Crippen LogP contribution in [0, 0.1) is 30.1 Å². The molecule has 0 aliphatic rings. The van der Waals surface area contributed by atoms with E-state index in [-0.39, 0.29) is 5.91 Å². The van der Waals surface area contributed by atoms with E-state index in [1.807, 2.05) is 37.3 Å². The van der Waals surface area contributed by atoms with Gasteiger partial charge in [-0.3, -0.25) is 4.79 Å². The van der Waals surface area contributed by atoms with Crippen molar-refractivity contribution in [1.29, 1.82) is 5.26 Å². The molecule has 0 aromatic heterocycles. The van der Waals surface area contributed by atoms with Crippen LogP contribution in [0.2, 0.25) is 0 Å². The Morgan fingerprint density at radius 1 is 1.26 bits per heavy atom. The summed E-state index contributed by atoms with van der Waals surface area (Å²) in [6.07, 6.45) is 2.58. The molecule has 4 heteroatoms.